The molecule has 3 rings (SSSR count). The fourth-order valence-corrected chi connectivity index (χ4v) is 2.39. The Morgan fingerprint density at radius 2 is 2.13 bits per heavy atom. The van der Waals surface area contributed by atoms with E-state index in [1.54, 1.807) is 41.3 Å². The Kier molecular flexibility index (Phi) is 4.68. The maximum absolute atomic E-state index is 11.9. The van der Waals surface area contributed by atoms with Crippen LogP contribution in [0.4, 0.5) is 5.69 Å². The molecule has 0 spiro atoms. The number of ether oxygens (including phenoxy) is 1. The second-order valence-electron chi connectivity index (χ2n) is 5.32. The number of nitrogens with one attached hydrogen (secondary N) is 2. The van der Waals surface area contributed by atoms with Gasteiger partial charge in [-0.25, -0.2) is 0 Å². The monoisotopic (exact) mass is 314 g/mol. The van der Waals surface area contributed by atoms with Gasteiger partial charge in [0.2, 0.25) is 5.91 Å². The molecule has 0 saturated carbocycles. The minimum absolute atomic E-state index is 0.0918. The molecule has 0 bridgehead atoms. The van der Waals surface area contributed by atoms with Crippen LogP contribution in [0, 0.1) is 0 Å². The van der Waals surface area contributed by atoms with Crippen molar-refractivity contribution in [3.63, 3.8) is 0 Å². The van der Waals surface area contributed by atoms with Crippen molar-refractivity contribution >= 4 is 17.5 Å². The molecule has 2 aromatic rings. The number of hydrogen-bond acceptors (Lipinski definition) is 4. The first-order valence-electron chi connectivity index (χ1n) is 7.47. The summed E-state index contributed by atoms with van der Waals surface area (Å²) >= 11 is 0. The number of benzene rings is 1. The number of carbonyl (C=O) groups is 2. The summed E-state index contributed by atoms with van der Waals surface area (Å²) in [6.45, 7) is 1.28. The molecule has 1 fully saturated rings. The number of amides is 2. The Morgan fingerprint density at radius 3 is 2.87 bits per heavy atom. The Morgan fingerprint density at radius 1 is 1.30 bits per heavy atom. The minimum Gasteiger partial charge on any atom is -0.379 e. The first kappa shape index (κ1) is 15.2. The van der Waals surface area contributed by atoms with Crippen molar-refractivity contribution in [3.05, 3.63) is 48.3 Å². The lowest BCUT2D eigenvalue weighted by Crippen LogP contribution is -2.32. The maximum Gasteiger partial charge on any atom is 0.251 e. The van der Waals surface area contributed by atoms with Crippen LogP contribution in [0.15, 0.2) is 42.7 Å². The van der Waals surface area contributed by atoms with E-state index in [-0.39, 0.29) is 24.4 Å². The fourth-order valence-electron chi connectivity index (χ4n) is 2.39. The van der Waals surface area contributed by atoms with Crippen LogP contribution in [0.1, 0.15) is 22.8 Å². The third kappa shape index (κ3) is 3.95. The van der Waals surface area contributed by atoms with Crippen LogP contribution >= 0.6 is 0 Å². The number of aromatic nitrogens is 2. The molecule has 120 valence electrons. The molecule has 7 heteroatoms. The molecular formula is C16H18N4O3. The van der Waals surface area contributed by atoms with Crippen LogP contribution in [0.3, 0.4) is 0 Å². The topological polar surface area (TPSA) is 85.3 Å². The average Bonchev–Trinajstić information content (AvgIpc) is 3.24. The first-order chi connectivity index (χ1) is 11.2. The molecule has 1 saturated heterocycles. The van der Waals surface area contributed by atoms with E-state index in [0.717, 1.165) is 13.0 Å². The van der Waals surface area contributed by atoms with Gasteiger partial charge in [-0.15, -0.1) is 0 Å². The summed E-state index contributed by atoms with van der Waals surface area (Å²) in [5.74, 6) is -0.573. The van der Waals surface area contributed by atoms with Crippen molar-refractivity contribution in [2.24, 2.45) is 0 Å². The SMILES string of the molecule is O=C(CNC(=O)c1ccccc1)Nc1cnn(C2CCOC2)c1. The molecule has 1 aliphatic rings. The van der Waals surface area contributed by atoms with Crippen LogP contribution in [0.2, 0.25) is 0 Å². The molecule has 1 unspecified atom stereocenters. The second-order valence-corrected chi connectivity index (χ2v) is 5.32. The van der Waals surface area contributed by atoms with Crippen LogP contribution in [0.25, 0.3) is 0 Å². The lowest BCUT2D eigenvalue weighted by molar-refractivity contribution is -0.115. The lowest BCUT2D eigenvalue weighted by Gasteiger charge is -2.07. The van der Waals surface area contributed by atoms with Crippen molar-refractivity contribution < 1.29 is 14.3 Å². The van der Waals surface area contributed by atoms with E-state index < -0.39 is 0 Å². The molecule has 7 nitrogen and oxygen atoms in total. The molecule has 0 radical (unpaired) electrons. The number of rotatable bonds is 5. The van der Waals surface area contributed by atoms with Gasteiger partial charge < -0.3 is 15.4 Å². The van der Waals surface area contributed by atoms with Gasteiger partial charge in [-0.1, -0.05) is 18.2 Å². The smallest absolute Gasteiger partial charge is 0.251 e. The average molecular weight is 314 g/mol. The zero-order chi connectivity index (χ0) is 16.1. The van der Waals surface area contributed by atoms with Crippen LogP contribution in [-0.4, -0.2) is 41.4 Å². The highest BCUT2D eigenvalue weighted by atomic mass is 16.5. The summed E-state index contributed by atoms with van der Waals surface area (Å²) in [7, 11) is 0. The highest BCUT2D eigenvalue weighted by molar-refractivity contribution is 5.99. The van der Waals surface area contributed by atoms with Crippen LogP contribution < -0.4 is 10.6 Å². The molecule has 2 amide bonds. The van der Waals surface area contributed by atoms with Gasteiger partial charge in [0, 0.05) is 18.4 Å². The molecule has 23 heavy (non-hydrogen) atoms. The third-order valence-electron chi connectivity index (χ3n) is 3.61. The van der Waals surface area contributed by atoms with E-state index in [9.17, 15) is 9.59 Å². The summed E-state index contributed by atoms with van der Waals surface area (Å²) in [6.07, 6.45) is 4.29. The quantitative estimate of drug-likeness (QED) is 0.869. The summed E-state index contributed by atoms with van der Waals surface area (Å²) < 4.78 is 7.11. The van der Waals surface area contributed by atoms with Gasteiger partial charge in [0.05, 0.1) is 31.1 Å². The lowest BCUT2D eigenvalue weighted by atomic mass is 10.2. The van der Waals surface area contributed by atoms with E-state index >= 15 is 0 Å². The number of carbonyl (C=O) groups excluding carboxylic acids is 2. The van der Waals surface area contributed by atoms with Gasteiger partial charge in [0.15, 0.2) is 0 Å². The Labute approximate surface area is 133 Å². The van der Waals surface area contributed by atoms with Gasteiger partial charge in [-0.05, 0) is 18.6 Å². The predicted molar refractivity (Wildman–Crippen MR) is 84.1 cm³/mol. The van der Waals surface area contributed by atoms with E-state index in [2.05, 4.69) is 15.7 Å². The molecule has 2 heterocycles. The Bertz CT molecular complexity index is 678. The zero-order valence-corrected chi connectivity index (χ0v) is 12.6. The van der Waals surface area contributed by atoms with Gasteiger partial charge in [0.1, 0.15) is 0 Å². The summed E-state index contributed by atoms with van der Waals surface area (Å²) in [4.78, 5) is 23.7. The van der Waals surface area contributed by atoms with Crippen molar-refractivity contribution in [1.29, 1.82) is 0 Å². The highest BCUT2D eigenvalue weighted by Gasteiger charge is 2.18. The van der Waals surface area contributed by atoms with E-state index in [4.69, 9.17) is 4.74 Å². The van der Waals surface area contributed by atoms with E-state index in [1.165, 1.54) is 0 Å². The van der Waals surface area contributed by atoms with E-state index in [1.807, 2.05) is 6.07 Å². The van der Waals surface area contributed by atoms with Crippen LogP contribution in [0.5, 0.6) is 0 Å². The summed E-state index contributed by atoms with van der Waals surface area (Å²) in [6, 6.07) is 8.99. The van der Waals surface area contributed by atoms with Gasteiger partial charge in [0.25, 0.3) is 5.91 Å². The Balaban J connectivity index is 1.48. The molecule has 0 aliphatic carbocycles. The number of anilines is 1. The summed E-state index contributed by atoms with van der Waals surface area (Å²) in [5.41, 5.74) is 1.13. The first-order valence-corrected chi connectivity index (χ1v) is 7.47. The molecule has 1 aromatic heterocycles. The van der Waals surface area contributed by atoms with Gasteiger partial charge in [-0.2, -0.15) is 5.10 Å². The summed E-state index contributed by atoms with van der Waals surface area (Å²) in [5, 5.41) is 9.53. The predicted octanol–water partition coefficient (Wildman–Crippen LogP) is 1.21. The maximum atomic E-state index is 11.9. The van der Waals surface area contributed by atoms with Crippen molar-refractivity contribution in [2.75, 3.05) is 25.1 Å². The molecular weight excluding hydrogens is 296 g/mol. The molecule has 1 aromatic carbocycles. The normalized spacial score (nSPS) is 17.0. The van der Waals surface area contributed by atoms with Crippen LogP contribution in [-0.2, 0) is 9.53 Å². The Hall–Kier alpha value is -2.67. The number of hydrogen-bond donors (Lipinski definition) is 2. The van der Waals surface area contributed by atoms with E-state index in [0.29, 0.717) is 17.9 Å². The van der Waals surface area contributed by atoms with Crippen molar-refractivity contribution in [2.45, 2.75) is 12.5 Å². The largest absolute Gasteiger partial charge is 0.379 e. The minimum atomic E-state index is -0.295. The van der Waals surface area contributed by atoms with Crippen molar-refractivity contribution in [3.8, 4) is 0 Å². The molecule has 2 N–H and O–H groups in total. The fraction of sp³-hybridized carbons (Fsp3) is 0.312. The number of nitrogens with zero attached hydrogens (tertiary/aromatic N) is 2. The standard InChI is InChI=1S/C16H18N4O3/c21-15(9-17-16(22)12-4-2-1-3-5-12)19-13-8-18-20(10-13)14-6-7-23-11-14/h1-5,8,10,14H,6-7,9,11H2,(H,17,22)(H,19,21). The molecule has 1 atom stereocenters. The molecule has 1 aliphatic heterocycles. The van der Waals surface area contributed by atoms with Gasteiger partial charge in [-0.3, -0.25) is 14.3 Å². The van der Waals surface area contributed by atoms with Crippen molar-refractivity contribution in [1.82, 2.24) is 15.1 Å². The zero-order valence-electron chi connectivity index (χ0n) is 12.6. The van der Waals surface area contributed by atoms with Gasteiger partial charge >= 0.3 is 0 Å². The highest BCUT2D eigenvalue weighted by Crippen LogP contribution is 2.19. The second kappa shape index (κ2) is 7.06. The third-order valence-corrected chi connectivity index (χ3v) is 3.61.